The van der Waals surface area contributed by atoms with Gasteiger partial charge in [0, 0.05) is 6.07 Å². The first kappa shape index (κ1) is 10.9. The Kier molecular flexibility index (Phi) is 2.38. The molecule has 0 spiro atoms. The molecule has 0 bridgehead atoms. The number of benzene rings is 1. The minimum Gasteiger partial charge on any atom is -0.383 e. The summed E-state index contributed by atoms with van der Waals surface area (Å²) in [7, 11) is 0. The zero-order chi connectivity index (χ0) is 12.7. The van der Waals surface area contributed by atoms with Crippen LogP contribution in [0.4, 0.5) is 10.2 Å². The van der Waals surface area contributed by atoms with Crippen LogP contribution in [0.25, 0.3) is 16.7 Å². The average molecular weight is 264 g/mol. The van der Waals surface area contributed by atoms with Gasteiger partial charge in [-0.2, -0.15) is 5.10 Å². The molecule has 7 heteroatoms. The Morgan fingerprint density at radius 2 is 2.11 bits per heavy atom. The third-order valence-corrected chi connectivity index (χ3v) is 2.85. The van der Waals surface area contributed by atoms with Gasteiger partial charge < -0.3 is 5.73 Å². The van der Waals surface area contributed by atoms with Crippen LogP contribution in [0, 0.1) is 5.82 Å². The Morgan fingerprint density at radius 3 is 2.89 bits per heavy atom. The van der Waals surface area contributed by atoms with Crippen LogP contribution in [0.15, 0.2) is 30.7 Å². The van der Waals surface area contributed by atoms with Gasteiger partial charge in [0.25, 0.3) is 0 Å². The first-order chi connectivity index (χ1) is 8.66. The van der Waals surface area contributed by atoms with Gasteiger partial charge in [-0.1, -0.05) is 11.6 Å². The van der Waals surface area contributed by atoms with E-state index in [1.165, 1.54) is 29.3 Å². The average Bonchev–Trinajstić information content (AvgIpc) is 2.78. The highest BCUT2D eigenvalue weighted by molar-refractivity contribution is 6.30. The van der Waals surface area contributed by atoms with Crippen molar-refractivity contribution in [3.05, 3.63) is 41.6 Å². The molecule has 3 rings (SSSR count). The molecule has 0 saturated carbocycles. The van der Waals surface area contributed by atoms with E-state index < -0.39 is 5.82 Å². The maximum absolute atomic E-state index is 13.4. The maximum atomic E-state index is 13.4. The van der Waals surface area contributed by atoms with Crippen LogP contribution < -0.4 is 5.73 Å². The Bertz CT molecular complexity index is 739. The monoisotopic (exact) mass is 263 g/mol. The number of hydrogen-bond acceptors (Lipinski definition) is 4. The molecule has 0 atom stereocenters. The lowest BCUT2D eigenvalue weighted by Gasteiger charge is -2.03. The van der Waals surface area contributed by atoms with Gasteiger partial charge in [0.15, 0.2) is 5.65 Å². The molecule has 0 unspecified atom stereocenters. The Balaban J connectivity index is 2.25. The minimum absolute atomic E-state index is 0.0596. The van der Waals surface area contributed by atoms with Crippen LogP contribution in [0.3, 0.4) is 0 Å². The lowest BCUT2D eigenvalue weighted by molar-refractivity contribution is 0.626. The summed E-state index contributed by atoms with van der Waals surface area (Å²) in [6.45, 7) is 0. The number of halogens is 2. The molecule has 2 aromatic heterocycles. The van der Waals surface area contributed by atoms with Crippen LogP contribution in [0.2, 0.25) is 5.02 Å². The number of anilines is 1. The van der Waals surface area contributed by atoms with Crippen molar-refractivity contribution >= 4 is 28.5 Å². The summed E-state index contributed by atoms with van der Waals surface area (Å²) in [6, 6.07) is 4.40. The van der Waals surface area contributed by atoms with Crippen molar-refractivity contribution in [1.82, 2.24) is 19.7 Å². The van der Waals surface area contributed by atoms with Crippen molar-refractivity contribution in [2.45, 2.75) is 0 Å². The first-order valence-corrected chi connectivity index (χ1v) is 5.44. The lowest BCUT2D eigenvalue weighted by atomic mass is 10.3. The van der Waals surface area contributed by atoms with E-state index in [1.807, 2.05) is 0 Å². The smallest absolute Gasteiger partial charge is 0.168 e. The molecular formula is C11H7ClFN5. The van der Waals surface area contributed by atoms with Crippen LogP contribution in [-0.4, -0.2) is 19.7 Å². The first-order valence-electron chi connectivity index (χ1n) is 5.06. The molecule has 5 nitrogen and oxygen atoms in total. The fraction of sp³-hybridized carbons (Fsp3) is 0. The normalized spacial score (nSPS) is 11.0. The van der Waals surface area contributed by atoms with E-state index in [2.05, 4.69) is 15.1 Å². The molecule has 0 amide bonds. The van der Waals surface area contributed by atoms with Gasteiger partial charge in [0.2, 0.25) is 0 Å². The number of nitrogen functional groups attached to an aromatic ring is 1. The highest BCUT2D eigenvalue weighted by Crippen LogP contribution is 2.22. The van der Waals surface area contributed by atoms with Crippen molar-refractivity contribution in [3.8, 4) is 5.69 Å². The van der Waals surface area contributed by atoms with E-state index >= 15 is 0 Å². The van der Waals surface area contributed by atoms with Crippen molar-refractivity contribution in [1.29, 1.82) is 0 Å². The van der Waals surface area contributed by atoms with Crippen LogP contribution >= 0.6 is 11.6 Å². The highest BCUT2D eigenvalue weighted by atomic mass is 35.5. The lowest BCUT2D eigenvalue weighted by Crippen LogP contribution is -1.99. The third-order valence-electron chi connectivity index (χ3n) is 2.54. The van der Waals surface area contributed by atoms with Gasteiger partial charge in [-0.15, -0.1) is 0 Å². The fourth-order valence-electron chi connectivity index (χ4n) is 1.67. The quantitative estimate of drug-likeness (QED) is 0.731. The highest BCUT2D eigenvalue weighted by Gasteiger charge is 2.10. The van der Waals surface area contributed by atoms with E-state index in [0.29, 0.717) is 22.5 Å². The van der Waals surface area contributed by atoms with Gasteiger partial charge in [0.1, 0.15) is 18.0 Å². The second kappa shape index (κ2) is 3.92. The van der Waals surface area contributed by atoms with Gasteiger partial charge in [0.05, 0.1) is 22.3 Å². The largest absolute Gasteiger partial charge is 0.383 e. The molecule has 0 saturated heterocycles. The SMILES string of the molecule is Nc1ncnc2c1cnn2-c1ccc(Cl)c(F)c1. The molecule has 2 heterocycles. The van der Waals surface area contributed by atoms with E-state index in [0.717, 1.165) is 0 Å². The van der Waals surface area contributed by atoms with Gasteiger partial charge in [-0.25, -0.2) is 19.0 Å². The molecule has 1 aromatic carbocycles. The van der Waals surface area contributed by atoms with Crippen LogP contribution in [-0.2, 0) is 0 Å². The Hall–Kier alpha value is -2.21. The van der Waals surface area contributed by atoms with Gasteiger partial charge in [-0.05, 0) is 12.1 Å². The minimum atomic E-state index is -0.514. The number of rotatable bonds is 1. The molecule has 0 aliphatic heterocycles. The number of fused-ring (bicyclic) bond motifs is 1. The predicted molar refractivity (Wildman–Crippen MR) is 66.0 cm³/mol. The molecule has 3 aromatic rings. The summed E-state index contributed by atoms with van der Waals surface area (Å²) in [5.74, 6) is -0.180. The number of aromatic nitrogens is 4. The fourth-order valence-corrected chi connectivity index (χ4v) is 1.79. The summed E-state index contributed by atoms with van der Waals surface area (Å²) in [5.41, 5.74) is 6.74. The summed E-state index contributed by atoms with van der Waals surface area (Å²) >= 11 is 5.64. The molecule has 90 valence electrons. The molecule has 2 N–H and O–H groups in total. The van der Waals surface area contributed by atoms with E-state index in [9.17, 15) is 4.39 Å². The summed E-state index contributed by atoms with van der Waals surface area (Å²) in [5, 5.41) is 4.80. The van der Waals surface area contributed by atoms with Crippen LogP contribution in [0.1, 0.15) is 0 Å². The zero-order valence-electron chi connectivity index (χ0n) is 9.01. The van der Waals surface area contributed by atoms with E-state index in [1.54, 1.807) is 6.07 Å². The molecule has 0 fully saturated rings. The molecular weight excluding hydrogens is 257 g/mol. The van der Waals surface area contributed by atoms with Crippen molar-refractivity contribution in [3.63, 3.8) is 0 Å². The summed E-state index contributed by atoms with van der Waals surface area (Å²) in [4.78, 5) is 7.95. The summed E-state index contributed by atoms with van der Waals surface area (Å²) < 4.78 is 14.9. The van der Waals surface area contributed by atoms with Crippen LogP contribution in [0.5, 0.6) is 0 Å². The van der Waals surface area contributed by atoms with E-state index in [-0.39, 0.29) is 5.02 Å². The Morgan fingerprint density at radius 1 is 1.28 bits per heavy atom. The maximum Gasteiger partial charge on any atom is 0.168 e. The standard InChI is InChI=1S/C11H7ClFN5/c12-8-2-1-6(3-9(8)13)18-11-7(4-17-18)10(14)15-5-16-11/h1-5H,(H2,14,15,16). The Labute approximate surface area is 106 Å². The molecule has 0 aliphatic carbocycles. The van der Waals surface area contributed by atoms with Crippen molar-refractivity contribution in [2.24, 2.45) is 0 Å². The predicted octanol–water partition coefficient (Wildman–Crippen LogP) is 2.19. The van der Waals surface area contributed by atoms with Gasteiger partial charge in [-0.3, -0.25) is 0 Å². The molecule has 18 heavy (non-hydrogen) atoms. The zero-order valence-corrected chi connectivity index (χ0v) is 9.76. The second-order valence-corrected chi connectivity index (χ2v) is 4.06. The number of hydrogen-bond donors (Lipinski definition) is 1. The van der Waals surface area contributed by atoms with Gasteiger partial charge >= 0.3 is 0 Å². The molecule has 0 aliphatic rings. The van der Waals surface area contributed by atoms with Crippen molar-refractivity contribution < 1.29 is 4.39 Å². The number of nitrogens with two attached hydrogens (primary N) is 1. The third kappa shape index (κ3) is 1.58. The summed E-state index contributed by atoms with van der Waals surface area (Å²) in [6.07, 6.45) is 2.87. The second-order valence-electron chi connectivity index (χ2n) is 3.65. The van der Waals surface area contributed by atoms with E-state index in [4.69, 9.17) is 17.3 Å². The topological polar surface area (TPSA) is 69.6 Å². The van der Waals surface area contributed by atoms with Crippen molar-refractivity contribution in [2.75, 3.05) is 5.73 Å². The molecule has 0 radical (unpaired) electrons. The number of nitrogens with zero attached hydrogens (tertiary/aromatic N) is 4.